The summed E-state index contributed by atoms with van der Waals surface area (Å²) < 4.78 is 0. The first kappa shape index (κ1) is 11.9. The molecule has 2 rings (SSSR count). The summed E-state index contributed by atoms with van der Waals surface area (Å²) in [5, 5.41) is 19.1. The molecule has 0 aromatic heterocycles. The number of aliphatic hydroxyl groups is 1. The summed E-state index contributed by atoms with van der Waals surface area (Å²) in [6.45, 7) is 2.40. The Morgan fingerprint density at radius 1 is 1.53 bits per heavy atom. The number of hydrogen-bond donors (Lipinski definition) is 2. The van der Waals surface area contributed by atoms with Crippen molar-refractivity contribution < 1.29 is 15.0 Å². The number of carbonyl (C=O) groups excluding carboxylic acids is 1. The lowest BCUT2D eigenvalue weighted by molar-refractivity contribution is 0.0674. The summed E-state index contributed by atoms with van der Waals surface area (Å²) in [6.07, 6.45) is 1.73. The summed E-state index contributed by atoms with van der Waals surface area (Å²) in [7, 11) is 0. The number of aromatic hydroxyl groups is 1. The van der Waals surface area contributed by atoms with Gasteiger partial charge in [-0.1, -0.05) is 12.1 Å². The number of carbonyl (C=O) groups is 1. The number of aryl methyl sites for hydroxylation is 1. The largest absolute Gasteiger partial charge is 0.507 e. The van der Waals surface area contributed by atoms with E-state index in [0.717, 1.165) is 12.8 Å². The zero-order valence-corrected chi connectivity index (χ0v) is 9.89. The van der Waals surface area contributed by atoms with Gasteiger partial charge < -0.3 is 15.1 Å². The Hall–Kier alpha value is -1.55. The Labute approximate surface area is 100 Å². The van der Waals surface area contributed by atoms with Crippen LogP contribution in [0, 0.1) is 6.92 Å². The third kappa shape index (κ3) is 2.13. The van der Waals surface area contributed by atoms with Crippen LogP contribution >= 0.6 is 0 Å². The number of benzene rings is 1. The van der Waals surface area contributed by atoms with Crippen molar-refractivity contribution in [3.05, 3.63) is 29.3 Å². The fraction of sp³-hybridized carbons (Fsp3) is 0.462. The van der Waals surface area contributed by atoms with E-state index in [0.29, 0.717) is 17.7 Å². The summed E-state index contributed by atoms with van der Waals surface area (Å²) in [5.74, 6) is -0.149. The molecule has 17 heavy (non-hydrogen) atoms. The van der Waals surface area contributed by atoms with Crippen LogP contribution in [0.1, 0.15) is 28.8 Å². The Morgan fingerprint density at radius 3 is 3.00 bits per heavy atom. The fourth-order valence-electron chi connectivity index (χ4n) is 2.28. The van der Waals surface area contributed by atoms with E-state index in [9.17, 15) is 15.0 Å². The molecule has 0 bridgehead atoms. The molecule has 1 aliphatic rings. The van der Waals surface area contributed by atoms with Crippen LogP contribution in [0.15, 0.2) is 18.2 Å². The molecule has 1 heterocycles. The monoisotopic (exact) mass is 235 g/mol. The summed E-state index contributed by atoms with van der Waals surface area (Å²) in [6, 6.07) is 5.03. The molecule has 0 saturated carbocycles. The van der Waals surface area contributed by atoms with Crippen molar-refractivity contribution in [2.45, 2.75) is 25.8 Å². The highest BCUT2D eigenvalue weighted by molar-refractivity contribution is 5.97. The molecule has 1 fully saturated rings. The molecule has 1 saturated heterocycles. The molecule has 1 amide bonds. The zero-order chi connectivity index (χ0) is 12.4. The van der Waals surface area contributed by atoms with Gasteiger partial charge in [0.05, 0.1) is 18.2 Å². The van der Waals surface area contributed by atoms with Crippen LogP contribution in [0.5, 0.6) is 5.75 Å². The van der Waals surface area contributed by atoms with Gasteiger partial charge >= 0.3 is 0 Å². The Bertz CT molecular complexity index is 431. The minimum Gasteiger partial charge on any atom is -0.507 e. The molecule has 4 heteroatoms. The first-order valence-electron chi connectivity index (χ1n) is 5.85. The van der Waals surface area contributed by atoms with E-state index in [1.807, 2.05) is 0 Å². The predicted molar refractivity (Wildman–Crippen MR) is 64.0 cm³/mol. The molecule has 0 radical (unpaired) electrons. The number of aliphatic hydroxyl groups excluding tert-OH is 1. The molecule has 0 spiro atoms. The second kappa shape index (κ2) is 4.75. The summed E-state index contributed by atoms with van der Waals surface area (Å²) in [4.78, 5) is 13.9. The second-order valence-electron chi connectivity index (χ2n) is 4.45. The normalized spacial score (nSPS) is 19.6. The number of nitrogens with zero attached hydrogens (tertiary/aromatic N) is 1. The van der Waals surface area contributed by atoms with Crippen molar-refractivity contribution in [1.82, 2.24) is 4.90 Å². The van der Waals surface area contributed by atoms with Crippen LogP contribution in [0.25, 0.3) is 0 Å². The minimum atomic E-state index is -0.192. The fourth-order valence-corrected chi connectivity index (χ4v) is 2.28. The third-order valence-corrected chi connectivity index (χ3v) is 3.32. The van der Waals surface area contributed by atoms with E-state index in [2.05, 4.69) is 0 Å². The highest BCUT2D eigenvalue weighted by atomic mass is 16.3. The number of rotatable bonds is 2. The van der Waals surface area contributed by atoms with E-state index < -0.39 is 0 Å². The van der Waals surface area contributed by atoms with Crippen molar-refractivity contribution in [2.24, 2.45) is 0 Å². The average Bonchev–Trinajstić information content (AvgIpc) is 2.80. The van der Waals surface area contributed by atoms with Crippen molar-refractivity contribution in [2.75, 3.05) is 13.2 Å². The maximum atomic E-state index is 12.2. The number of likely N-dealkylation sites (tertiary alicyclic amines) is 1. The van der Waals surface area contributed by atoms with Gasteiger partial charge in [0, 0.05) is 6.54 Å². The highest BCUT2D eigenvalue weighted by Gasteiger charge is 2.30. The van der Waals surface area contributed by atoms with E-state index in [-0.39, 0.29) is 24.3 Å². The highest BCUT2D eigenvalue weighted by Crippen LogP contribution is 2.26. The average molecular weight is 235 g/mol. The van der Waals surface area contributed by atoms with Crippen LogP contribution in [0.2, 0.25) is 0 Å². The lowest BCUT2D eigenvalue weighted by atomic mass is 10.1. The van der Waals surface area contributed by atoms with Crippen LogP contribution in [-0.4, -0.2) is 40.2 Å². The van der Waals surface area contributed by atoms with Crippen molar-refractivity contribution >= 4 is 5.91 Å². The maximum Gasteiger partial charge on any atom is 0.257 e. The lowest BCUT2D eigenvalue weighted by Gasteiger charge is -2.23. The van der Waals surface area contributed by atoms with Gasteiger partial charge in [-0.2, -0.15) is 0 Å². The molecule has 0 unspecified atom stereocenters. The smallest absolute Gasteiger partial charge is 0.257 e. The van der Waals surface area contributed by atoms with E-state index in [1.165, 1.54) is 0 Å². The molecule has 2 N–H and O–H groups in total. The zero-order valence-electron chi connectivity index (χ0n) is 9.89. The molecule has 92 valence electrons. The standard InChI is InChI=1S/C13H17NO3/c1-9-4-2-6-11(12(9)16)13(17)14-7-3-5-10(14)8-15/h2,4,6,10,15-16H,3,5,7-8H2,1H3/t10-/m0/s1. The van der Waals surface area contributed by atoms with Crippen LogP contribution in [0.3, 0.4) is 0 Å². The van der Waals surface area contributed by atoms with Gasteiger partial charge in [-0.15, -0.1) is 0 Å². The Morgan fingerprint density at radius 2 is 2.29 bits per heavy atom. The SMILES string of the molecule is Cc1cccc(C(=O)N2CCC[C@H]2CO)c1O. The van der Waals surface area contributed by atoms with Gasteiger partial charge in [0.15, 0.2) is 0 Å². The molecule has 1 aliphatic heterocycles. The maximum absolute atomic E-state index is 12.2. The number of amides is 1. The minimum absolute atomic E-state index is 0.0156. The van der Waals surface area contributed by atoms with Gasteiger partial charge in [0.1, 0.15) is 5.75 Å². The first-order valence-corrected chi connectivity index (χ1v) is 5.85. The quantitative estimate of drug-likeness (QED) is 0.812. The molecule has 4 nitrogen and oxygen atoms in total. The number of phenolic OH excluding ortho intramolecular Hbond substituents is 1. The third-order valence-electron chi connectivity index (χ3n) is 3.32. The Kier molecular flexibility index (Phi) is 3.33. The summed E-state index contributed by atoms with van der Waals surface area (Å²) in [5.41, 5.74) is 1.01. The summed E-state index contributed by atoms with van der Waals surface area (Å²) >= 11 is 0. The predicted octanol–water partition coefficient (Wildman–Crippen LogP) is 1.30. The topological polar surface area (TPSA) is 60.8 Å². The second-order valence-corrected chi connectivity index (χ2v) is 4.45. The van der Waals surface area contributed by atoms with Crippen molar-refractivity contribution in [3.63, 3.8) is 0 Å². The van der Waals surface area contributed by atoms with Crippen LogP contribution < -0.4 is 0 Å². The van der Waals surface area contributed by atoms with Gasteiger partial charge in [0.2, 0.25) is 0 Å². The lowest BCUT2D eigenvalue weighted by Crippen LogP contribution is -2.37. The van der Waals surface area contributed by atoms with Gasteiger partial charge in [-0.05, 0) is 31.4 Å². The molecular weight excluding hydrogens is 218 g/mol. The molecular formula is C13H17NO3. The first-order chi connectivity index (χ1) is 8.15. The number of hydrogen-bond acceptors (Lipinski definition) is 3. The van der Waals surface area contributed by atoms with E-state index >= 15 is 0 Å². The van der Waals surface area contributed by atoms with Crippen LogP contribution in [-0.2, 0) is 0 Å². The van der Waals surface area contributed by atoms with E-state index in [1.54, 1.807) is 30.0 Å². The van der Waals surface area contributed by atoms with E-state index in [4.69, 9.17) is 0 Å². The molecule has 1 aromatic carbocycles. The van der Waals surface area contributed by atoms with Gasteiger partial charge in [-0.3, -0.25) is 4.79 Å². The van der Waals surface area contributed by atoms with Gasteiger partial charge in [0.25, 0.3) is 5.91 Å². The Balaban J connectivity index is 2.28. The van der Waals surface area contributed by atoms with Gasteiger partial charge in [-0.25, -0.2) is 0 Å². The molecule has 0 aliphatic carbocycles. The molecule has 1 aromatic rings. The molecule has 1 atom stereocenters. The number of phenols is 1. The van der Waals surface area contributed by atoms with Crippen molar-refractivity contribution in [1.29, 1.82) is 0 Å². The number of para-hydroxylation sites is 1. The van der Waals surface area contributed by atoms with Crippen molar-refractivity contribution in [3.8, 4) is 5.75 Å². The van der Waals surface area contributed by atoms with Crippen LogP contribution in [0.4, 0.5) is 0 Å².